The van der Waals surface area contributed by atoms with Gasteiger partial charge in [0, 0.05) is 40.8 Å². The first kappa shape index (κ1) is 16.0. The van der Waals surface area contributed by atoms with Crippen LogP contribution in [0.3, 0.4) is 0 Å². The van der Waals surface area contributed by atoms with Gasteiger partial charge in [-0.1, -0.05) is 6.07 Å². The van der Waals surface area contributed by atoms with Crippen molar-refractivity contribution in [2.75, 3.05) is 13.2 Å². The number of phenols is 1. The van der Waals surface area contributed by atoms with Gasteiger partial charge in [-0.15, -0.1) is 0 Å². The maximum absolute atomic E-state index is 14.1. The Morgan fingerprint density at radius 2 is 2.00 bits per heavy atom. The van der Waals surface area contributed by atoms with Crippen LogP contribution in [0, 0.1) is 17.1 Å². The van der Waals surface area contributed by atoms with Crippen LogP contribution < -0.4 is 0 Å². The molecule has 1 aromatic heterocycles. The van der Waals surface area contributed by atoms with Crippen LogP contribution in [0.2, 0.25) is 0 Å². The molecule has 5 rings (SSSR count). The van der Waals surface area contributed by atoms with Gasteiger partial charge in [0.25, 0.3) is 0 Å². The van der Waals surface area contributed by atoms with E-state index in [0.29, 0.717) is 48.3 Å². The fourth-order valence-electron chi connectivity index (χ4n) is 4.52. The van der Waals surface area contributed by atoms with Crippen LogP contribution in [0.4, 0.5) is 4.39 Å². The molecule has 2 N–H and O–H groups in total. The lowest BCUT2D eigenvalue weighted by atomic mass is 9.64. The van der Waals surface area contributed by atoms with Crippen LogP contribution >= 0.6 is 0 Å². The van der Waals surface area contributed by atoms with Gasteiger partial charge in [-0.3, -0.25) is 4.79 Å². The van der Waals surface area contributed by atoms with Crippen molar-refractivity contribution in [1.82, 2.24) is 4.98 Å². The Bertz CT molecular complexity index is 1170. The van der Waals surface area contributed by atoms with Gasteiger partial charge in [0.15, 0.2) is 17.3 Å². The van der Waals surface area contributed by atoms with Crippen LogP contribution in [0.15, 0.2) is 30.3 Å². The van der Waals surface area contributed by atoms with E-state index < -0.39 is 17.0 Å². The number of benzene rings is 2. The van der Waals surface area contributed by atoms with E-state index in [9.17, 15) is 19.6 Å². The zero-order valence-corrected chi connectivity index (χ0v) is 14.3. The predicted octanol–water partition coefficient (Wildman–Crippen LogP) is 3.53. The molecule has 5 nitrogen and oxygen atoms in total. The summed E-state index contributed by atoms with van der Waals surface area (Å²) in [5, 5.41) is 19.9. The quantitative estimate of drug-likeness (QED) is 0.641. The molecule has 1 spiro atoms. The molecule has 2 aliphatic rings. The Labute approximate surface area is 154 Å². The average molecular weight is 362 g/mol. The van der Waals surface area contributed by atoms with E-state index in [4.69, 9.17) is 4.74 Å². The van der Waals surface area contributed by atoms with Gasteiger partial charge in [-0.05, 0) is 42.7 Å². The summed E-state index contributed by atoms with van der Waals surface area (Å²) >= 11 is 0. The van der Waals surface area contributed by atoms with Gasteiger partial charge >= 0.3 is 0 Å². The molecule has 1 saturated heterocycles. The zero-order chi connectivity index (χ0) is 18.8. The number of nitriles is 1. The van der Waals surface area contributed by atoms with E-state index in [0.717, 1.165) is 17.1 Å². The molecule has 0 saturated carbocycles. The van der Waals surface area contributed by atoms with E-state index in [2.05, 4.69) is 11.1 Å². The summed E-state index contributed by atoms with van der Waals surface area (Å²) < 4.78 is 19.6. The van der Waals surface area contributed by atoms with E-state index in [-0.39, 0.29) is 11.3 Å². The molecule has 0 atom stereocenters. The molecule has 6 heteroatoms. The Morgan fingerprint density at radius 1 is 1.22 bits per heavy atom. The van der Waals surface area contributed by atoms with E-state index in [1.165, 1.54) is 6.07 Å². The fourth-order valence-corrected chi connectivity index (χ4v) is 4.52. The highest BCUT2D eigenvalue weighted by molar-refractivity contribution is 6.20. The summed E-state index contributed by atoms with van der Waals surface area (Å²) in [5.74, 6) is -1.54. The minimum atomic E-state index is -0.806. The van der Waals surface area contributed by atoms with Gasteiger partial charge in [-0.2, -0.15) is 5.26 Å². The maximum atomic E-state index is 14.1. The third-order valence-corrected chi connectivity index (χ3v) is 5.83. The number of hydrogen-bond donors (Lipinski definition) is 2. The highest BCUT2D eigenvalue weighted by atomic mass is 19.1. The number of carbonyl (C=O) groups is 1. The predicted molar refractivity (Wildman–Crippen MR) is 95.3 cm³/mol. The number of nitrogens with one attached hydrogen (secondary N) is 1. The Morgan fingerprint density at radius 3 is 2.74 bits per heavy atom. The number of carbonyl (C=O) groups excluding carboxylic acids is 1. The van der Waals surface area contributed by atoms with Crippen molar-refractivity contribution in [3.05, 3.63) is 64.1 Å². The number of halogens is 1. The zero-order valence-electron chi connectivity index (χ0n) is 14.3. The number of phenolic OH excluding ortho intramolecular Hbond substituents is 1. The smallest absolute Gasteiger partial charge is 0.195 e. The topological polar surface area (TPSA) is 86.1 Å². The molecule has 1 fully saturated rings. The average Bonchev–Trinajstić information content (AvgIpc) is 3.08. The molecular formula is C21H15FN2O3. The number of aromatic amines is 1. The second-order valence-electron chi connectivity index (χ2n) is 7.12. The first-order chi connectivity index (χ1) is 13.0. The Balaban J connectivity index is 1.88. The minimum absolute atomic E-state index is 0.271. The number of nitrogens with zero attached hydrogens (tertiary/aromatic N) is 1. The standard InChI is InChI=1S/C21H15FN2O3/c22-15-8-13-14(9-17(15)25)21(3-5-27-6-4-21)20-18(19(13)26)12-2-1-11(10-23)7-16(12)24-20/h1-2,7-9,24-25H,3-6H2. The van der Waals surface area contributed by atoms with Crippen molar-refractivity contribution < 1.29 is 19.0 Å². The van der Waals surface area contributed by atoms with E-state index >= 15 is 0 Å². The Hall–Kier alpha value is -3.17. The summed E-state index contributed by atoms with van der Waals surface area (Å²) in [5.41, 5.74) is 2.84. The summed E-state index contributed by atoms with van der Waals surface area (Å²) in [7, 11) is 0. The minimum Gasteiger partial charge on any atom is -0.505 e. The normalized spacial score (nSPS) is 17.6. The lowest BCUT2D eigenvalue weighted by Gasteiger charge is -2.41. The van der Waals surface area contributed by atoms with Crippen LogP contribution in [-0.2, 0) is 10.2 Å². The molecule has 2 aromatic carbocycles. The van der Waals surface area contributed by atoms with Crippen molar-refractivity contribution in [2.24, 2.45) is 0 Å². The van der Waals surface area contributed by atoms with Crippen molar-refractivity contribution in [3.63, 3.8) is 0 Å². The van der Waals surface area contributed by atoms with Gasteiger partial charge < -0.3 is 14.8 Å². The molecule has 0 unspecified atom stereocenters. The second kappa shape index (κ2) is 5.41. The summed E-state index contributed by atoms with van der Waals surface area (Å²) in [6.07, 6.45) is 1.23. The molecule has 0 radical (unpaired) electrons. The number of aromatic nitrogens is 1. The number of rotatable bonds is 0. The molecule has 134 valence electrons. The summed E-state index contributed by atoms with van der Waals surface area (Å²) in [4.78, 5) is 16.6. The molecule has 27 heavy (non-hydrogen) atoms. The number of H-pyrrole nitrogens is 1. The highest BCUT2D eigenvalue weighted by Crippen LogP contribution is 2.50. The lowest BCUT2D eigenvalue weighted by Crippen LogP contribution is -2.40. The van der Waals surface area contributed by atoms with E-state index in [1.807, 2.05) is 0 Å². The second-order valence-corrected chi connectivity index (χ2v) is 7.12. The molecule has 3 aromatic rings. The largest absolute Gasteiger partial charge is 0.505 e. The number of ketones is 1. The van der Waals surface area contributed by atoms with Crippen molar-refractivity contribution >= 4 is 16.7 Å². The molecule has 1 aliphatic heterocycles. The number of ether oxygens (including phenoxy) is 1. The van der Waals surface area contributed by atoms with Gasteiger partial charge in [0.05, 0.1) is 17.2 Å². The fraction of sp³-hybridized carbons (Fsp3) is 0.238. The van der Waals surface area contributed by atoms with Crippen LogP contribution in [0.5, 0.6) is 5.75 Å². The highest BCUT2D eigenvalue weighted by Gasteiger charge is 2.47. The monoisotopic (exact) mass is 362 g/mol. The lowest BCUT2D eigenvalue weighted by molar-refractivity contribution is 0.0601. The van der Waals surface area contributed by atoms with Crippen LogP contribution in [0.1, 0.15) is 45.6 Å². The Kier molecular flexibility index (Phi) is 3.22. The first-order valence-corrected chi connectivity index (χ1v) is 8.77. The van der Waals surface area contributed by atoms with Crippen molar-refractivity contribution in [2.45, 2.75) is 18.3 Å². The van der Waals surface area contributed by atoms with Crippen LogP contribution in [0.25, 0.3) is 10.9 Å². The summed E-state index contributed by atoms with van der Waals surface area (Å²) in [6, 6.07) is 9.77. The molecular weight excluding hydrogens is 347 g/mol. The number of fused-ring (bicyclic) bond motifs is 6. The first-order valence-electron chi connectivity index (χ1n) is 8.77. The van der Waals surface area contributed by atoms with Crippen LogP contribution in [-0.4, -0.2) is 29.1 Å². The third-order valence-electron chi connectivity index (χ3n) is 5.83. The third kappa shape index (κ3) is 2.03. The summed E-state index contributed by atoms with van der Waals surface area (Å²) in [6.45, 7) is 1.01. The molecule has 1 aliphatic carbocycles. The number of aromatic hydroxyl groups is 1. The van der Waals surface area contributed by atoms with E-state index in [1.54, 1.807) is 18.2 Å². The number of hydrogen-bond acceptors (Lipinski definition) is 4. The van der Waals surface area contributed by atoms with Gasteiger partial charge in [-0.25, -0.2) is 4.39 Å². The molecule has 0 bridgehead atoms. The van der Waals surface area contributed by atoms with Gasteiger partial charge in [0.1, 0.15) is 0 Å². The van der Waals surface area contributed by atoms with Gasteiger partial charge in [0.2, 0.25) is 0 Å². The SMILES string of the molecule is N#Cc1ccc2c3c([nH]c2c1)C1(CCOCC1)c1cc(O)c(F)cc1C3=O. The van der Waals surface area contributed by atoms with Crippen molar-refractivity contribution in [1.29, 1.82) is 5.26 Å². The molecule has 2 heterocycles. The molecule has 0 amide bonds. The maximum Gasteiger partial charge on any atom is 0.195 e. The van der Waals surface area contributed by atoms with Crippen molar-refractivity contribution in [3.8, 4) is 11.8 Å².